The number of hydrogen-bond acceptors (Lipinski definition) is 4. The lowest BCUT2D eigenvalue weighted by molar-refractivity contribution is -0.384. The lowest BCUT2D eigenvalue weighted by atomic mass is 10.0. The molecule has 0 N–H and O–H groups in total. The van der Waals surface area contributed by atoms with Crippen molar-refractivity contribution in [2.24, 2.45) is 5.16 Å². The van der Waals surface area contributed by atoms with E-state index in [0.29, 0.717) is 6.42 Å². The number of benzene rings is 2. The van der Waals surface area contributed by atoms with E-state index in [4.69, 9.17) is 4.84 Å². The third kappa shape index (κ3) is 2.38. The van der Waals surface area contributed by atoms with Gasteiger partial charge in [-0.25, -0.2) is 0 Å². The number of non-ortho nitro benzene ring substituents is 1. The number of hydrogen-bond donors (Lipinski definition) is 0. The van der Waals surface area contributed by atoms with Gasteiger partial charge in [0.2, 0.25) is 0 Å². The highest BCUT2D eigenvalue weighted by atomic mass is 16.6. The molecule has 0 saturated carbocycles. The molecule has 1 aliphatic rings. The van der Waals surface area contributed by atoms with Crippen molar-refractivity contribution in [3.05, 3.63) is 75.8 Å². The zero-order chi connectivity index (χ0) is 13.9. The highest BCUT2D eigenvalue weighted by Crippen LogP contribution is 2.30. The SMILES string of the molecule is O=[N+]([O-])c1ccc([C@H]2CC(c3ccccc3)=NO2)cc1. The van der Waals surface area contributed by atoms with Crippen LogP contribution in [0.2, 0.25) is 0 Å². The fraction of sp³-hybridized carbons (Fsp3) is 0.133. The molecule has 5 nitrogen and oxygen atoms in total. The maximum Gasteiger partial charge on any atom is 0.269 e. The molecule has 0 unspecified atom stereocenters. The van der Waals surface area contributed by atoms with Gasteiger partial charge in [-0.2, -0.15) is 0 Å². The summed E-state index contributed by atoms with van der Waals surface area (Å²) in [6.07, 6.45) is 0.493. The van der Waals surface area contributed by atoms with Gasteiger partial charge in [0.05, 0.1) is 10.6 Å². The Balaban J connectivity index is 1.74. The van der Waals surface area contributed by atoms with Gasteiger partial charge in [-0.1, -0.05) is 35.5 Å². The van der Waals surface area contributed by atoms with Crippen molar-refractivity contribution >= 4 is 11.4 Å². The summed E-state index contributed by atoms with van der Waals surface area (Å²) in [6, 6.07) is 16.2. The van der Waals surface area contributed by atoms with E-state index in [1.54, 1.807) is 12.1 Å². The Hall–Kier alpha value is -2.69. The largest absolute Gasteiger partial charge is 0.387 e. The molecule has 0 fully saturated rings. The van der Waals surface area contributed by atoms with Crippen molar-refractivity contribution in [1.82, 2.24) is 0 Å². The number of nitro benzene ring substituents is 1. The van der Waals surface area contributed by atoms with E-state index in [-0.39, 0.29) is 11.8 Å². The second-order valence-electron chi connectivity index (χ2n) is 4.55. The average Bonchev–Trinajstić information content (AvgIpc) is 2.98. The van der Waals surface area contributed by atoms with Gasteiger partial charge in [0.15, 0.2) is 6.10 Å². The summed E-state index contributed by atoms with van der Waals surface area (Å²) in [4.78, 5) is 15.6. The molecular weight excluding hydrogens is 256 g/mol. The zero-order valence-corrected chi connectivity index (χ0v) is 10.6. The first-order valence-electron chi connectivity index (χ1n) is 6.26. The first-order chi connectivity index (χ1) is 9.74. The molecule has 2 aromatic carbocycles. The molecule has 0 spiro atoms. The second-order valence-corrected chi connectivity index (χ2v) is 4.55. The van der Waals surface area contributed by atoms with Crippen LogP contribution in [-0.4, -0.2) is 10.6 Å². The van der Waals surface area contributed by atoms with E-state index >= 15 is 0 Å². The summed E-state index contributed by atoms with van der Waals surface area (Å²) in [7, 11) is 0. The molecule has 0 radical (unpaired) electrons. The predicted molar refractivity (Wildman–Crippen MR) is 74.5 cm³/mol. The van der Waals surface area contributed by atoms with Crippen LogP contribution in [0.3, 0.4) is 0 Å². The van der Waals surface area contributed by atoms with Crippen molar-refractivity contribution in [1.29, 1.82) is 0 Å². The number of nitrogens with zero attached hydrogens (tertiary/aromatic N) is 2. The van der Waals surface area contributed by atoms with Gasteiger partial charge in [0.25, 0.3) is 5.69 Å². The highest BCUT2D eigenvalue weighted by Gasteiger charge is 2.24. The van der Waals surface area contributed by atoms with Crippen LogP contribution in [0.4, 0.5) is 5.69 Å². The maximum absolute atomic E-state index is 10.6. The van der Waals surface area contributed by atoms with Gasteiger partial charge in [-0.05, 0) is 23.3 Å². The molecule has 100 valence electrons. The van der Waals surface area contributed by atoms with Crippen molar-refractivity contribution in [3.63, 3.8) is 0 Å². The van der Waals surface area contributed by atoms with Crippen molar-refractivity contribution in [3.8, 4) is 0 Å². The Morgan fingerprint density at radius 1 is 1.10 bits per heavy atom. The first kappa shape index (κ1) is 12.3. The Bertz CT molecular complexity index is 651. The standard InChI is InChI=1S/C15H12N2O3/c18-17(19)13-8-6-12(7-9-13)15-10-14(16-20-15)11-4-2-1-3-5-11/h1-9,15H,10H2/t15-/m1/s1. The molecular formula is C15H12N2O3. The topological polar surface area (TPSA) is 64.7 Å². The Labute approximate surface area is 115 Å². The summed E-state index contributed by atoms with van der Waals surface area (Å²) >= 11 is 0. The fourth-order valence-electron chi connectivity index (χ4n) is 2.17. The van der Waals surface area contributed by atoms with Crippen LogP contribution in [-0.2, 0) is 4.84 Å². The molecule has 0 aliphatic carbocycles. The summed E-state index contributed by atoms with van der Waals surface area (Å²) in [5.41, 5.74) is 2.91. The molecule has 1 aliphatic heterocycles. The molecule has 20 heavy (non-hydrogen) atoms. The van der Waals surface area contributed by atoms with Crippen LogP contribution in [0.15, 0.2) is 59.8 Å². The molecule has 0 saturated heterocycles. The molecule has 2 aromatic rings. The van der Waals surface area contributed by atoms with E-state index in [0.717, 1.165) is 16.8 Å². The maximum atomic E-state index is 10.6. The first-order valence-corrected chi connectivity index (χ1v) is 6.26. The van der Waals surface area contributed by atoms with E-state index in [2.05, 4.69) is 5.16 Å². The molecule has 0 aromatic heterocycles. The number of nitro groups is 1. The summed E-state index contributed by atoms with van der Waals surface area (Å²) in [5.74, 6) is 0. The van der Waals surface area contributed by atoms with E-state index in [9.17, 15) is 10.1 Å². The number of oxime groups is 1. The van der Waals surface area contributed by atoms with Gasteiger partial charge in [-0.15, -0.1) is 0 Å². The van der Waals surface area contributed by atoms with E-state index in [1.807, 2.05) is 30.3 Å². The smallest absolute Gasteiger partial charge is 0.269 e. The summed E-state index contributed by atoms with van der Waals surface area (Å²) < 4.78 is 0. The molecule has 1 heterocycles. The van der Waals surface area contributed by atoms with Gasteiger partial charge in [0.1, 0.15) is 0 Å². The lowest BCUT2D eigenvalue weighted by Gasteiger charge is -2.07. The third-order valence-corrected chi connectivity index (χ3v) is 3.25. The minimum Gasteiger partial charge on any atom is -0.387 e. The minimum atomic E-state index is -0.412. The van der Waals surface area contributed by atoms with Crippen LogP contribution >= 0.6 is 0 Å². The summed E-state index contributed by atoms with van der Waals surface area (Å²) in [5, 5.41) is 14.7. The van der Waals surface area contributed by atoms with Crippen LogP contribution in [0.5, 0.6) is 0 Å². The van der Waals surface area contributed by atoms with Gasteiger partial charge >= 0.3 is 0 Å². The Morgan fingerprint density at radius 2 is 1.80 bits per heavy atom. The molecule has 0 bridgehead atoms. The quantitative estimate of drug-likeness (QED) is 0.632. The number of rotatable bonds is 3. The lowest BCUT2D eigenvalue weighted by Crippen LogP contribution is -2.01. The fourth-order valence-corrected chi connectivity index (χ4v) is 2.17. The second kappa shape index (κ2) is 5.13. The molecule has 1 atom stereocenters. The van der Waals surface area contributed by atoms with Gasteiger partial charge in [0, 0.05) is 18.6 Å². The Kier molecular flexibility index (Phi) is 3.16. The molecule has 5 heteroatoms. The van der Waals surface area contributed by atoms with Crippen LogP contribution in [0.25, 0.3) is 0 Å². The van der Waals surface area contributed by atoms with Crippen LogP contribution < -0.4 is 0 Å². The van der Waals surface area contributed by atoms with Crippen molar-refractivity contribution in [2.45, 2.75) is 12.5 Å². The van der Waals surface area contributed by atoms with Gasteiger partial charge < -0.3 is 4.84 Å². The van der Waals surface area contributed by atoms with E-state index in [1.165, 1.54) is 12.1 Å². The zero-order valence-electron chi connectivity index (χ0n) is 10.6. The third-order valence-electron chi connectivity index (χ3n) is 3.25. The van der Waals surface area contributed by atoms with Crippen molar-refractivity contribution < 1.29 is 9.76 Å². The predicted octanol–water partition coefficient (Wildman–Crippen LogP) is 3.46. The molecule has 0 amide bonds. The Morgan fingerprint density at radius 3 is 2.45 bits per heavy atom. The average molecular weight is 268 g/mol. The molecule has 3 rings (SSSR count). The van der Waals surface area contributed by atoms with Crippen LogP contribution in [0.1, 0.15) is 23.7 Å². The normalized spacial score (nSPS) is 17.4. The summed E-state index contributed by atoms with van der Waals surface area (Å²) in [6.45, 7) is 0. The van der Waals surface area contributed by atoms with E-state index < -0.39 is 4.92 Å². The monoisotopic (exact) mass is 268 g/mol. The minimum absolute atomic E-state index is 0.0796. The van der Waals surface area contributed by atoms with Crippen molar-refractivity contribution in [2.75, 3.05) is 0 Å². The van der Waals surface area contributed by atoms with Gasteiger partial charge in [-0.3, -0.25) is 10.1 Å². The highest BCUT2D eigenvalue weighted by molar-refractivity contribution is 6.01. The van der Waals surface area contributed by atoms with Crippen LogP contribution in [0, 0.1) is 10.1 Å².